The van der Waals surface area contributed by atoms with Crippen LogP contribution in [-0.4, -0.2) is 10.9 Å². The fraction of sp³-hybridized carbons (Fsp3) is 0.143. The summed E-state index contributed by atoms with van der Waals surface area (Å²) in [6.45, 7) is 3.35. The fourth-order valence-corrected chi connectivity index (χ4v) is 1.91. The zero-order valence-electron chi connectivity index (χ0n) is 10.9. The van der Waals surface area contributed by atoms with Crippen LogP contribution in [-0.2, 0) is 0 Å². The number of aromatic nitrogens is 1. The van der Waals surface area contributed by atoms with E-state index in [1.54, 1.807) is 13.8 Å². The molecule has 2 N–H and O–H groups in total. The van der Waals surface area contributed by atoms with Crippen molar-refractivity contribution in [2.45, 2.75) is 13.8 Å². The van der Waals surface area contributed by atoms with E-state index in [0.29, 0.717) is 22.0 Å². The van der Waals surface area contributed by atoms with Crippen molar-refractivity contribution in [1.82, 2.24) is 4.98 Å². The number of nitrogens with zero attached hydrogens (tertiary/aromatic N) is 1. The van der Waals surface area contributed by atoms with E-state index >= 15 is 0 Å². The number of pyridine rings is 1. The first-order valence-electron chi connectivity index (χ1n) is 5.80. The van der Waals surface area contributed by atoms with Crippen LogP contribution >= 0.6 is 11.6 Å². The summed E-state index contributed by atoms with van der Waals surface area (Å²) in [7, 11) is 0. The standard InChI is InChI=1S/C14H12ClFN2O2/c1-7-11(13(17)19)14(18-8(2)12(7)15)20-10-5-3-9(16)4-6-10/h3-6H,1-2H3,(H2,17,19). The van der Waals surface area contributed by atoms with E-state index in [1.807, 2.05) is 0 Å². The maximum absolute atomic E-state index is 12.9. The van der Waals surface area contributed by atoms with Crippen LogP contribution < -0.4 is 10.5 Å². The van der Waals surface area contributed by atoms with E-state index < -0.39 is 5.91 Å². The number of carbonyl (C=O) groups excluding carboxylic acids is 1. The lowest BCUT2D eigenvalue weighted by Gasteiger charge is -2.13. The zero-order valence-corrected chi connectivity index (χ0v) is 11.7. The normalized spacial score (nSPS) is 10.4. The number of carbonyl (C=O) groups is 1. The van der Waals surface area contributed by atoms with Gasteiger partial charge in [-0.15, -0.1) is 0 Å². The van der Waals surface area contributed by atoms with Crippen LogP contribution in [0, 0.1) is 19.7 Å². The first kappa shape index (κ1) is 14.3. The minimum atomic E-state index is -0.686. The van der Waals surface area contributed by atoms with Gasteiger partial charge in [-0.3, -0.25) is 4.79 Å². The highest BCUT2D eigenvalue weighted by Gasteiger charge is 2.19. The second-order valence-corrected chi connectivity index (χ2v) is 4.61. The van der Waals surface area contributed by atoms with Crippen LogP contribution in [0.5, 0.6) is 11.6 Å². The molecule has 0 saturated heterocycles. The molecule has 2 rings (SSSR count). The van der Waals surface area contributed by atoms with Gasteiger partial charge in [-0.25, -0.2) is 9.37 Å². The molecule has 0 aliphatic rings. The van der Waals surface area contributed by atoms with Gasteiger partial charge in [0.1, 0.15) is 17.1 Å². The molecule has 6 heteroatoms. The van der Waals surface area contributed by atoms with Gasteiger partial charge in [0.05, 0.1) is 10.7 Å². The number of aryl methyl sites for hydroxylation is 1. The Hall–Kier alpha value is -2.14. The molecule has 0 aliphatic carbocycles. The maximum atomic E-state index is 12.9. The SMILES string of the molecule is Cc1nc(Oc2ccc(F)cc2)c(C(N)=O)c(C)c1Cl. The van der Waals surface area contributed by atoms with Crippen LogP contribution in [0.1, 0.15) is 21.6 Å². The van der Waals surface area contributed by atoms with Crippen molar-refractivity contribution in [2.24, 2.45) is 5.73 Å². The van der Waals surface area contributed by atoms with Gasteiger partial charge in [-0.2, -0.15) is 0 Å². The molecule has 20 heavy (non-hydrogen) atoms. The first-order valence-corrected chi connectivity index (χ1v) is 6.18. The number of primary amides is 1. The molecule has 0 unspecified atom stereocenters. The molecule has 4 nitrogen and oxygen atoms in total. The third-order valence-corrected chi connectivity index (χ3v) is 3.34. The molecular formula is C14H12ClFN2O2. The minimum absolute atomic E-state index is 0.0588. The largest absolute Gasteiger partial charge is 0.438 e. The number of benzene rings is 1. The number of rotatable bonds is 3. The van der Waals surface area contributed by atoms with Crippen molar-refractivity contribution >= 4 is 17.5 Å². The van der Waals surface area contributed by atoms with Crippen molar-refractivity contribution < 1.29 is 13.9 Å². The molecule has 0 bridgehead atoms. The molecule has 1 amide bonds. The second kappa shape index (κ2) is 5.46. The number of ether oxygens (including phenoxy) is 1. The Morgan fingerprint density at radius 2 is 1.90 bits per heavy atom. The molecular weight excluding hydrogens is 283 g/mol. The summed E-state index contributed by atoms with van der Waals surface area (Å²) in [6, 6.07) is 5.35. The molecule has 104 valence electrons. The summed E-state index contributed by atoms with van der Waals surface area (Å²) in [4.78, 5) is 15.7. The smallest absolute Gasteiger partial charge is 0.254 e. The van der Waals surface area contributed by atoms with Crippen LogP contribution in [0.4, 0.5) is 4.39 Å². The predicted molar refractivity (Wildman–Crippen MR) is 73.7 cm³/mol. The summed E-state index contributed by atoms with van der Waals surface area (Å²) in [6.07, 6.45) is 0. The monoisotopic (exact) mass is 294 g/mol. The Bertz CT molecular complexity index is 672. The summed E-state index contributed by atoms with van der Waals surface area (Å²) in [5.74, 6) is -0.663. The Labute approximate surface area is 120 Å². The van der Waals surface area contributed by atoms with E-state index in [-0.39, 0.29) is 17.3 Å². The van der Waals surface area contributed by atoms with E-state index in [2.05, 4.69) is 4.98 Å². The molecule has 0 saturated carbocycles. The number of hydrogen-bond acceptors (Lipinski definition) is 3. The highest BCUT2D eigenvalue weighted by Crippen LogP contribution is 2.31. The lowest BCUT2D eigenvalue weighted by atomic mass is 10.1. The van der Waals surface area contributed by atoms with Gasteiger partial charge in [0.25, 0.3) is 5.91 Å². The zero-order chi connectivity index (χ0) is 14.9. The molecule has 0 atom stereocenters. The van der Waals surface area contributed by atoms with Crippen molar-refractivity contribution in [1.29, 1.82) is 0 Å². The molecule has 1 aromatic carbocycles. The molecule has 1 heterocycles. The average Bonchev–Trinajstić information content (AvgIpc) is 2.38. The third-order valence-electron chi connectivity index (χ3n) is 2.78. The van der Waals surface area contributed by atoms with E-state index in [4.69, 9.17) is 22.1 Å². The number of amides is 1. The number of hydrogen-bond donors (Lipinski definition) is 1. The third kappa shape index (κ3) is 2.72. The Morgan fingerprint density at radius 3 is 2.45 bits per heavy atom. The molecule has 0 radical (unpaired) electrons. The Balaban J connectivity index is 2.50. The lowest BCUT2D eigenvalue weighted by molar-refractivity contribution is 0.0997. The van der Waals surface area contributed by atoms with Crippen molar-refractivity contribution in [3.63, 3.8) is 0 Å². The van der Waals surface area contributed by atoms with Gasteiger partial charge in [0.2, 0.25) is 5.88 Å². The van der Waals surface area contributed by atoms with Gasteiger partial charge in [-0.05, 0) is 43.7 Å². The molecule has 0 fully saturated rings. The van der Waals surface area contributed by atoms with Gasteiger partial charge in [0.15, 0.2) is 0 Å². The molecule has 1 aromatic heterocycles. The highest BCUT2D eigenvalue weighted by molar-refractivity contribution is 6.32. The van der Waals surface area contributed by atoms with Gasteiger partial charge in [0, 0.05) is 0 Å². The van der Waals surface area contributed by atoms with Crippen molar-refractivity contribution in [2.75, 3.05) is 0 Å². The van der Waals surface area contributed by atoms with E-state index in [1.165, 1.54) is 24.3 Å². The Morgan fingerprint density at radius 1 is 1.30 bits per heavy atom. The summed E-state index contributed by atoms with van der Waals surface area (Å²) < 4.78 is 18.4. The molecule has 2 aromatic rings. The number of halogens is 2. The van der Waals surface area contributed by atoms with Crippen molar-refractivity contribution in [3.8, 4) is 11.6 Å². The summed E-state index contributed by atoms with van der Waals surface area (Å²) in [5, 5.41) is 0.366. The van der Waals surface area contributed by atoms with Crippen molar-refractivity contribution in [3.05, 3.63) is 51.9 Å². The minimum Gasteiger partial charge on any atom is -0.438 e. The number of nitrogens with two attached hydrogens (primary N) is 1. The van der Waals surface area contributed by atoms with E-state index in [0.717, 1.165) is 0 Å². The summed E-state index contributed by atoms with van der Waals surface area (Å²) in [5.41, 5.74) is 6.47. The topological polar surface area (TPSA) is 65.2 Å². The van der Waals surface area contributed by atoms with E-state index in [9.17, 15) is 9.18 Å². The second-order valence-electron chi connectivity index (χ2n) is 4.24. The van der Waals surface area contributed by atoms with Crippen LogP contribution in [0.2, 0.25) is 5.02 Å². The maximum Gasteiger partial charge on any atom is 0.254 e. The Kier molecular flexibility index (Phi) is 3.90. The lowest BCUT2D eigenvalue weighted by Crippen LogP contribution is -2.16. The van der Waals surface area contributed by atoms with Gasteiger partial charge < -0.3 is 10.5 Å². The predicted octanol–water partition coefficient (Wildman–Crippen LogP) is 3.38. The van der Waals surface area contributed by atoms with Gasteiger partial charge in [-0.1, -0.05) is 11.6 Å². The van der Waals surface area contributed by atoms with Crippen LogP contribution in [0.15, 0.2) is 24.3 Å². The summed E-state index contributed by atoms with van der Waals surface area (Å²) >= 11 is 6.05. The van der Waals surface area contributed by atoms with Gasteiger partial charge >= 0.3 is 0 Å². The average molecular weight is 295 g/mol. The quantitative estimate of drug-likeness (QED) is 0.943. The first-order chi connectivity index (χ1) is 9.40. The fourth-order valence-electron chi connectivity index (χ4n) is 1.78. The highest BCUT2D eigenvalue weighted by atomic mass is 35.5. The van der Waals surface area contributed by atoms with Crippen LogP contribution in [0.25, 0.3) is 0 Å². The van der Waals surface area contributed by atoms with Crippen LogP contribution in [0.3, 0.4) is 0 Å². The molecule has 0 spiro atoms. The molecule has 0 aliphatic heterocycles.